The maximum Gasteiger partial charge on any atom is 0.251 e. The van der Waals surface area contributed by atoms with Crippen molar-refractivity contribution in [2.24, 2.45) is 0 Å². The van der Waals surface area contributed by atoms with E-state index >= 15 is 0 Å². The fourth-order valence-electron chi connectivity index (χ4n) is 1.88. The van der Waals surface area contributed by atoms with E-state index in [2.05, 4.69) is 9.97 Å². The largest absolute Gasteiger partial charge is 0.310 e. The predicted molar refractivity (Wildman–Crippen MR) is 72.2 cm³/mol. The van der Waals surface area contributed by atoms with Gasteiger partial charge in [-0.1, -0.05) is 36.4 Å². The highest BCUT2D eigenvalue weighted by Crippen LogP contribution is 2.37. The minimum atomic E-state index is -0.0698. The van der Waals surface area contributed by atoms with E-state index in [1.54, 1.807) is 0 Å². The van der Waals surface area contributed by atoms with Crippen LogP contribution < -0.4 is 5.56 Å². The molecule has 0 amide bonds. The van der Waals surface area contributed by atoms with Crippen molar-refractivity contribution < 1.29 is 0 Å². The van der Waals surface area contributed by atoms with Crippen LogP contribution in [-0.2, 0) is 0 Å². The normalized spacial score (nSPS) is 15.1. The number of H-pyrrole nitrogens is 1. The lowest BCUT2D eigenvalue weighted by atomic mass is 10.2. The molecule has 1 aromatic carbocycles. The molecule has 0 radical (unpaired) electrons. The topological polar surface area (TPSA) is 45.8 Å². The Hall–Kier alpha value is -2.16. The molecule has 1 heterocycles. The SMILES string of the molecule is O=c1cc(C=Cc2ccccc2)nc(C2CC2)[nH]1. The Kier molecular flexibility index (Phi) is 2.81. The monoisotopic (exact) mass is 238 g/mol. The molecule has 0 bridgehead atoms. The molecule has 3 rings (SSSR count). The van der Waals surface area contributed by atoms with Gasteiger partial charge >= 0.3 is 0 Å². The Morgan fingerprint density at radius 1 is 1.17 bits per heavy atom. The van der Waals surface area contributed by atoms with Crippen LogP contribution in [0.25, 0.3) is 12.2 Å². The fourth-order valence-corrected chi connectivity index (χ4v) is 1.88. The summed E-state index contributed by atoms with van der Waals surface area (Å²) in [5, 5.41) is 0. The molecule has 1 N–H and O–H groups in total. The average Bonchev–Trinajstić information content (AvgIpc) is 3.21. The predicted octanol–water partition coefficient (Wildman–Crippen LogP) is 2.82. The van der Waals surface area contributed by atoms with Crippen LogP contribution in [0.1, 0.15) is 35.8 Å². The summed E-state index contributed by atoms with van der Waals surface area (Å²) in [7, 11) is 0. The molecule has 1 aliphatic rings. The van der Waals surface area contributed by atoms with E-state index in [1.165, 1.54) is 6.07 Å². The van der Waals surface area contributed by atoms with Gasteiger partial charge < -0.3 is 4.98 Å². The molecular formula is C15H14N2O. The Morgan fingerprint density at radius 3 is 2.67 bits per heavy atom. The van der Waals surface area contributed by atoms with E-state index in [4.69, 9.17) is 0 Å². The van der Waals surface area contributed by atoms with Gasteiger partial charge in [0.25, 0.3) is 5.56 Å². The summed E-state index contributed by atoms with van der Waals surface area (Å²) in [5.74, 6) is 1.29. The molecule has 0 aliphatic heterocycles. The number of hydrogen-bond donors (Lipinski definition) is 1. The van der Waals surface area contributed by atoms with Gasteiger partial charge in [0.2, 0.25) is 0 Å². The van der Waals surface area contributed by atoms with Crippen molar-refractivity contribution in [1.82, 2.24) is 9.97 Å². The van der Waals surface area contributed by atoms with Crippen LogP contribution in [-0.4, -0.2) is 9.97 Å². The van der Waals surface area contributed by atoms with E-state index in [0.717, 1.165) is 29.9 Å². The van der Waals surface area contributed by atoms with Gasteiger partial charge in [-0.15, -0.1) is 0 Å². The Bertz CT molecular complexity index is 624. The molecule has 1 aromatic heterocycles. The Morgan fingerprint density at radius 2 is 1.94 bits per heavy atom. The third-order valence-electron chi connectivity index (χ3n) is 2.99. The highest BCUT2D eigenvalue weighted by molar-refractivity contribution is 5.67. The minimum absolute atomic E-state index is 0.0698. The highest BCUT2D eigenvalue weighted by Gasteiger charge is 2.26. The van der Waals surface area contributed by atoms with E-state index in [-0.39, 0.29) is 5.56 Å². The summed E-state index contributed by atoms with van der Waals surface area (Å²) in [6, 6.07) is 11.5. The third kappa shape index (κ3) is 2.56. The number of benzene rings is 1. The molecule has 1 fully saturated rings. The van der Waals surface area contributed by atoms with E-state index in [1.807, 2.05) is 42.5 Å². The van der Waals surface area contributed by atoms with Crippen molar-refractivity contribution in [3.8, 4) is 0 Å². The molecule has 0 saturated heterocycles. The maximum absolute atomic E-state index is 11.5. The summed E-state index contributed by atoms with van der Waals surface area (Å²) < 4.78 is 0. The van der Waals surface area contributed by atoms with E-state index < -0.39 is 0 Å². The average molecular weight is 238 g/mol. The van der Waals surface area contributed by atoms with Crippen molar-refractivity contribution in [1.29, 1.82) is 0 Å². The van der Waals surface area contributed by atoms with E-state index in [9.17, 15) is 4.79 Å². The molecule has 0 atom stereocenters. The molecule has 0 spiro atoms. The smallest absolute Gasteiger partial charge is 0.251 e. The van der Waals surface area contributed by atoms with Gasteiger partial charge in [0, 0.05) is 12.0 Å². The van der Waals surface area contributed by atoms with Crippen molar-refractivity contribution in [2.45, 2.75) is 18.8 Å². The van der Waals surface area contributed by atoms with Gasteiger partial charge in [-0.3, -0.25) is 4.79 Å². The second kappa shape index (κ2) is 4.61. The van der Waals surface area contributed by atoms with Crippen LogP contribution in [0, 0.1) is 0 Å². The van der Waals surface area contributed by atoms with Gasteiger partial charge in [-0.05, 0) is 24.5 Å². The quantitative estimate of drug-likeness (QED) is 0.893. The zero-order valence-electron chi connectivity index (χ0n) is 9.97. The number of nitrogens with zero attached hydrogens (tertiary/aromatic N) is 1. The molecule has 90 valence electrons. The van der Waals surface area contributed by atoms with Crippen LogP contribution in [0.5, 0.6) is 0 Å². The number of aromatic nitrogens is 2. The first-order chi connectivity index (χ1) is 8.81. The van der Waals surface area contributed by atoms with Gasteiger partial charge in [-0.2, -0.15) is 0 Å². The summed E-state index contributed by atoms with van der Waals surface area (Å²) in [5.41, 5.74) is 1.76. The van der Waals surface area contributed by atoms with Crippen LogP contribution in [0.2, 0.25) is 0 Å². The van der Waals surface area contributed by atoms with Gasteiger partial charge in [-0.25, -0.2) is 4.98 Å². The number of aromatic amines is 1. The molecule has 1 saturated carbocycles. The van der Waals surface area contributed by atoms with E-state index in [0.29, 0.717) is 5.92 Å². The third-order valence-corrected chi connectivity index (χ3v) is 2.99. The number of rotatable bonds is 3. The highest BCUT2D eigenvalue weighted by atomic mass is 16.1. The molecular weight excluding hydrogens is 224 g/mol. The summed E-state index contributed by atoms with van der Waals surface area (Å²) >= 11 is 0. The second-order valence-electron chi connectivity index (χ2n) is 4.57. The number of nitrogens with one attached hydrogen (secondary N) is 1. The standard InChI is InChI=1S/C15H14N2O/c18-14-10-13(16-15(17-14)12-7-8-12)9-6-11-4-2-1-3-5-11/h1-6,9-10,12H,7-8H2,(H,16,17,18). The molecule has 1 aliphatic carbocycles. The zero-order chi connectivity index (χ0) is 12.4. The van der Waals surface area contributed by atoms with Crippen molar-refractivity contribution in [3.05, 3.63) is 63.8 Å². The summed E-state index contributed by atoms with van der Waals surface area (Å²) in [4.78, 5) is 18.8. The lowest BCUT2D eigenvalue weighted by Gasteiger charge is -1.98. The van der Waals surface area contributed by atoms with Gasteiger partial charge in [0.1, 0.15) is 5.82 Å². The lowest BCUT2D eigenvalue weighted by molar-refractivity contribution is 0.903. The first kappa shape index (κ1) is 11.0. The first-order valence-corrected chi connectivity index (χ1v) is 6.16. The zero-order valence-corrected chi connectivity index (χ0v) is 9.97. The lowest BCUT2D eigenvalue weighted by Crippen LogP contribution is -2.10. The van der Waals surface area contributed by atoms with Crippen molar-refractivity contribution >= 4 is 12.2 Å². The first-order valence-electron chi connectivity index (χ1n) is 6.16. The van der Waals surface area contributed by atoms with Gasteiger partial charge in [0.15, 0.2) is 0 Å². The van der Waals surface area contributed by atoms with Crippen LogP contribution in [0.3, 0.4) is 0 Å². The minimum Gasteiger partial charge on any atom is -0.310 e. The second-order valence-corrected chi connectivity index (χ2v) is 4.57. The molecule has 0 unspecified atom stereocenters. The summed E-state index contributed by atoms with van der Waals surface area (Å²) in [6.07, 6.45) is 6.12. The van der Waals surface area contributed by atoms with Crippen LogP contribution in [0.15, 0.2) is 41.2 Å². The summed E-state index contributed by atoms with van der Waals surface area (Å²) in [6.45, 7) is 0. The van der Waals surface area contributed by atoms with Crippen LogP contribution >= 0.6 is 0 Å². The molecule has 3 nitrogen and oxygen atoms in total. The Labute approximate surface area is 105 Å². The van der Waals surface area contributed by atoms with Gasteiger partial charge in [0.05, 0.1) is 5.69 Å². The van der Waals surface area contributed by atoms with Crippen molar-refractivity contribution in [3.63, 3.8) is 0 Å². The van der Waals surface area contributed by atoms with Crippen LogP contribution in [0.4, 0.5) is 0 Å². The molecule has 18 heavy (non-hydrogen) atoms. The fraction of sp³-hybridized carbons (Fsp3) is 0.200. The maximum atomic E-state index is 11.5. The Balaban J connectivity index is 1.88. The molecule has 3 heteroatoms. The molecule has 2 aromatic rings. The van der Waals surface area contributed by atoms with Crippen molar-refractivity contribution in [2.75, 3.05) is 0 Å². The number of hydrogen-bond acceptors (Lipinski definition) is 2.